The van der Waals surface area contributed by atoms with Crippen molar-refractivity contribution in [3.8, 4) is 0 Å². The summed E-state index contributed by atoms with van der Waals surface area (Å²) in [6, 6.07) is 18.3. The highest BCUT2D eigenvalue weighted by molar-refractivity contribution is 9.10. The van der Waals surface area contributed by atoms with Crippen molar-refractivity contribution in [1.82, 2.24) is 5.32 Å². The zero-order valence-electron chi connectivity index (χ0n) is 12.5. The van der Waals surface area contributed by atoms with Crippen molar-refractivity contribution in [1.29, 1.82) is 0 Å². The fraction of sp³-hybridized carbons (Fsp3) is 0.368. The van der Waals surface area contributed by atoms with Gasteiger partial charge in [-0.2, -0.15) is 0 Å². The monoisotopic (exact) mass is 343 g/mol. The highest BCUT2D eigenvalue weighted by Crippen LogP contribution is 2.26. The molecular formula is C19H22BrN. The van der Waals surface area contributed by atoms with Crippen LogP contribution in [-0.4, -0.2) is 12.6 Å². The van der Waals surface area contributed by atoms with E-state index in [0.29, 0.717) is 5.92 Å². The lowest BCUT2D eigenvalue weighted by molar-refractivity contribution is 0.575. The first-order valence-corrected chi connectivity index (χ1v) is 8.55. The highest BCUT2D eigenvalue weighted by Gasteiger charge is 2.23. The maximum Gasteiger partial charge on any atom is 0.0175 e. The first-order chi connectivity index (χ1) is 10.2. The minimum Gasteiger partial charge on any atom is -0.313 e. The molecule has 0 saturated heterocycles. The predicted octanol–water partition coefficient (Wildman–Crippen LogP) is 4.84. The van der Waals surface area contributed by atoms with E-state index >= 15 is 0 Å². The number of halogens is 1. The van der Waals surface area contributed by atoms with Gasteiger partial charge in [0.05, 0.1) is 0 Å². The van der Waals surface area contributed by atoms with Crippen molar-refractivity contribution in [3.63, 3.8) is 0 Å². The van der Waals surface area contributed by atoms with E-state index in [1.807, 2.05) is 0 Å². The molecule has 1 fully saturated rings. The van der Waals surface area contributed by atoms with Gasteiger partial charge in [0.2, 0.25) is 0 Å². The van der Waals surface area contributed by atoms with Crippen LogP contribution in [0.15, 0.2) is 53.0 Å². The van der Waals surface area contributed by atoms with Crippen LogP contribution in [0.2, 0.25) is 0 Å². The Labute approximate surface area is 135 Å². The van der Waals surface area contributed by atoms with Crippen LogP contribution in [0.5, 0.6) is 0 Å². The molecule has 1 nitrogen and oxygen atoms in total. The molecule has 1 aliphatic carbocycles. The minimum absolute atomic E-state index is 0.549. The number of rotatable bonds is 6. The van der Waals surface area contributed by atoms with Gasteiger partial charge in [0, 0.05) is 23.0 Å². The smallest absolute Gasteiger partial charge is 0.0175 e. The molecule has 1 N–H and O–H groups in total. The van der Waals surface area contributed by atoms with Crippen LogP contribution in [0, 0.1) is 6.92 Å². The zero-order chi connectivity index (χ0) is 14.7. The van der Waals surface area contributed by atoms with Gasteiger partial charge in [-0.15, -0.1) is 0 Å². The van der Waals surface area contributed by atoms with Gasteiger partial charge in [-0.3, -0.25) is 0 Å². The predicted molar refractivity (Wildman–Crippen MR) is 92.8 cm³/mol. The first kappa shape index (κ1) is 14.8. The summed E-state index contributed by atoms with van der Waals surface area (Å²) in [5.41, 5.74) is 4.29. The van der Waals surface area contributed by atoms with E-state index in [1.165, 1.54) is 29.5 Å². The van der Waals surface area contributed by atoms with E-state index in [4.69, 9.17) is 0 Å². The molecule has 1 aliphatic rings. The molecule has 0 amide bonds. The molecule has 110 valence electrons. The second-order valence-corrected chi connectivity index (χ2v) is 6.98. The van der Waals surface area contributed by atoms with Gasteiger partial charge < -0.3 is 5.32 Å². The summed E-state index contributed by atoms with van der Waals surface area (Å²) in [5.74, 6) is 0.549. The fourth-order valence-electron chi connectivity index (χ4n) is 2.84. The average molecular weight is 344 g/mol. The SMILES string of the molecule is Cc1ccccc1C(CNC1CC1)Cc1ccc(Br)cc1. The van der Waals surface area contributed by atoms with Gasteiger partial charge in [-0.1, -0.05) is 52.3 Å². The number of nitrogens with one attached hydrogen (secondary N) is 1. The summed E-state index contributed by atoms with van der Waals surface area (Å²) in [6.45, 7) is 3.30. The molecule has 3 rings (SSSR count). The van der Waals surface area contributed by atoms with Crippen molar-refractivity contribution >= 4 is 15.9 Å². The molecule has 0 bridgehead atoms. The van der Waals surface area contributed by atoms with Crippen LogP contribution in [0.1, 0.15) is 35.4 Å². The van der Waals surface area contributed by atoms with Crippen LogP contribution >= 0.6 is 15.9 Å². The standard InChI is InChI=1S/C19H22BrN/c1-14-4-2-3-5-19(14)16(13-21-18-10-11-18)12-15-6-8-17(20)9-7-15/h2-9,16,18,21H,10-13H2,1H3. The Morgan fingerprint density at radius 3 is 2.48 bits per heavy atom. The van der Waals surface area contributed by atoms with Crippen molar-refractivity contribution in [3.05, 3.63) is 69.7 Å². The van der Waals surface area contributed by atoms with E-state index in [0.717, 1.165) is 23.5 Å². The third-order valence-electron chi connectivity index (χ3n) is 4.25. The third kappa shape index (κ3) is 4.18. The quantitative estimate of drug-likeness (QED) is 0.791. The molecule has 21 heavy (non-hydrogen) atoms. The first-order valence-electron chi connectivity index (χ1n) is 7.76. The Hall–Kier alpha value is -1.12. The molecule has 2 aromatic carbocycles. The second-order valence-electron chi connectivity index (χ2n) is 6.07. The van der Waals surface area contributed by atoms with Gasteiger partial charge >= 0.3 is 0 Å². The highest BCUT2D eigenvalue weighted by atomic mass is 79.9. The van der Waals surface area contributed by atoms with E-state index in [1.54, 1.807) is 0 Å². The Balaban J connectivity index is 1.77. The number of hydrogen-bond acceptors (Lipinski definition) is 1. The van der Waals surface area contributed by atoms with E-state index in [2.05, 4.69) is 76.7 Å². The molecule has 1 saturated carbocycles. The second kappa shape index (κ2) is 6.76. The maximum atomic E-state index is 3.70. The summed E-state index contributed by atoms with van der Waals surface area (Å²) in [5, 5.41) is 3.70. The Morgan fingerprint density at radius 2 is 1.81 bits per heavy atom. The van der Waals surface area contributed by atoms with Crippen LogP contribution in [0.4, 0.5) is 0 Å². The number of hydrogen-bond donors (Lipinski definition) is 1. The van der Waals surface area contributed by atoms with Gasteiger partial charge in [0.1, 0.15) is 0 Å². The minimum atomic E-state index is 0.549. The largest absolute Gasteiger partial charge is 0.313 e. The summed E-state index contributed by atoms with van der Waals surface area (Å²) in [7, 11) is 0. The molecule has 1 atom stereocenters. The van der Waals surface area contributed by atoms with E-state index in [9.17, 15) is 0 Å². The van der Waals surface area contributed by atoms with Gasteiger partial charge in [-0.05, 0) is 55.0 Å². The molecule has 1 unspecified atom stereocenters. The molecule has 0 spiro atoms. The van der Waals surface area contributed by atoms with Crippen molar-refractivity contribution in [2.75, 3.05) is 6.54 Å². The molecule has 0 aromatic heterocycles. The normalized spacial score (nSPS) is 15.9. The van der Waals surface area contributed by atoms with E-state index < -0.39 is 0 Å². The van der Waals surface area contributed by atoms with Crippen LogP contribution in [0.3, 0.4) is 0 Å². The van der Waals surface area contributed by atoms with Crippen molar-refractivity contribution in [2.24, 2.45) is 0 Å². The Bertz CT molecular complexity index is 587. The lowest BCUT2D eigenvalue weighted by Gasteiger charge is -2.20. The lowest BCUT2D eigenvalue weighted by atomic mass is 9.89. The van der Waals surface area contributed by atoms with Crippen molar-refractivity contribution in [2.45, 2.75) is 38.1 Å². The van der Waals surface area contributed by atoms with Crippen LogP contribution in [0.25, 0.3) is 0 Å². The third-order valence-corrected chi connectivity index (χ3v) is 4.78. The molecule has 2 aromatic rings. The zero-order valence-corrected chi connectivity index (χ0v) is 14.1. The summed E-state index contributed by atoms with van der Waals surface area (Å²) >= 11 is 3.51. The van der Waals surface area contributed by atoms with Crippen LogP contribution in [-0.2, 0) is 6.42 Å². The molecule has 0 aliphatic heterocycles. The number of aryl methyl sites for hydroxylation is 1. The maximum absolute atomic E-state index is 3.70. The van der Waals surface area contributed by atoms with Gasteiger partial charge in [0.25, 0.3) is 0 Å². The molecular weight excluding hydrogens is 322 g/mol. The van der Waals surface area contributed by atoms with Gasteiger partial charge in [0.15, 0.2) is 0 Å². The molecule has 2 heteroatoms. The molecule has 0 radical (unpaired) electrons. The topological polar surface area (TPSA) is 12.0 Å². The Kier molecular flexibility index (Phi) is 4.77. The summed E-state index contributed by atoms with van der Waals surface area (Å²) in [6.07, 6.45) is 3.79. The van der Waals surface area contributed by atoms with Gasteiger partial charge in [-0.25, -0.2) is 0 Å². The lowest BCUT2D eigenvalue weighted by Crippen LogP contribution is -2.25. The summed E-state index contributed by atoms with van der Waals surface area (Å²) < 4.78 is 1.15. The number of benzene rings is 2. The summed E-state index contributed by atoms with van der Waals surface area (Å²) in [4.78, 5) is 0. The fourth-order valence-corrected chi connectivity index (χ4v) is 3.10. The Morgan fingerprint density at radius 1 is 1.10 bits per heavy atom. The van der Waals surface area contributed by atoms with E-state index in [-0.39, 0.29) is 0 Å². The average Bonchev–Trinajstić information content (AvgIpc) is 3.30. The van der Waals surface area contributed by atoms with Crippen LogP contribution < -0.4 is 5.32 Å². The van der Waals surface area contributed by atoms with Crippen molar-refractivity contribution < 1.29 is 0 Å². The molecule has 0 heterocycles.